The SMILES string of the molecule is O=C(CCNC(=O)C1CCNCC1)NCC(NS(=O)Oc1ccccc1)C(=O)O. The van der Waals surface area contributed by atoms with Gasteiger partial charge in [0.2, 0.25) is 11.8 Å². The third-order valence-corrected chi connectivity index (χ3v) is 5.14. The third-order valence-electron chi connectivity index (χ3n) is 4.32. The van der Waals surface area contributed by atoms with Crippen molar-refractivity contribution in [3.05, 3.63) is 30.3 Å². The lowest BCUT2D eigenvalue weighted by molar-refractivity contribution is -0.138. The highest BCUT2D eigenvalue weighted by Gasteiger charge is 2.22. The molecule has 2 atom stereocenters. The lowest BCUT2D eigenvalue weighted by Crippen LogP contribution is -2.47. The van der Waals surface area contributed by atoms with Crippen LogP contribution in [-0.2, 0) is 25.7 Å². The molecule has 2 rings (SSSR count). The van der Waals surface area contributed by atoms with E-state index in [0.29, 0.717) is 5.75 Å². The molecule has 0 aromatic heterocycles. The molecule has 1 heterocycles. The number of piperidine rings is 1. The summed E-state index contributed by atoms with van der Waals surface area (Å²) in [6.45, 7) is 1.50. The summed E-state index contributed by atoms with van der Waals surface area (Å²) in [5, 5.41) is 17.6. The lowest BCUT2D eigenvalue weighted by Gasteiger charge is -2.21. The van der Waals surface area contributed by atoms with Gasteiger partial charge in [0.05, 0.1) is 0 Å². The first-order valence-electron chi connectivity index (χ1n) is 9.35. The summed E-state index contributed by atoms with van der Waals surface area (Å²) in [6.07, 6.45) is 1.56. The number of hydrogen-bond acceptors (Lipinski definition) is 6. The van der Waals surface area contributed by atoms with Gasteiger partial charge in [-0.05, 0) is 38.1 Å². The van der Waals surface area contributed by atoms with Crippen LogP contribution in [0.2, 0.25) is 0 Å². The second-order valence-corrected chi connectivity index (χ2v) is 7.38. The quantitative estimate of drug-likeness (QED) is 0.315. The number of carboxylic acid groups (broad SMARTS) is 1. The van der Waals surface area contributed by atoms with Crippen molar-refractivity contribution in [1.29, 1.82) is 0 Å². The van der Waals surface area contributed by atoms with Gasteiger partial charge in [-0.15, -0.1) is 0 Å². The van der Waals surface area contributed by atoms with Crippen molar-refractivity contribution < 1.29 is 27.9 Å². The lowest BCUT2D eigenvalue weighted by atomic mass is 9.97. The fourth-order valence-corrected chi connectivity index (χ4v) is 3.47. The molecule has 1 saturated heterocycles. The molecule has 11 heteroatoms. The number of carbonyl (C=O) groups is 3. The third kappa shape index (κ3) is 8.59. The fourth-order valence-electron chi connectivity index (χ4n) is 2.72. The highest BCUT2D eigenvalue weighted by atomic mass is 32.2. The summed E-state index contributed by atoms with van der Waals surface area (Å²) in [4.78, 5) is 35.2. The van der Waals surface area contributed by atoms with E-state index < -0.39 is 29.2 Å². The van der Waals surface area contributed by atoms with Crippen LogP contribution in [0.1, 0.15) is 19.3 Å². The first-order valence-corrected chi connectivity index (χ1v) is 10.4. The molecule has 1 aromatic carbocycles. The maximum Gasteiger partial charge on any atom is 0.323 e. The molecule has 10 nitrogen and oxygen atoms in total. The van der Waals surface area contributed by atoms with Crippen molar-refractivity contribution in [2.24, 2.45) is 5.92 Å². The predicted molar refractivity (Wildman–Crippen MR) is 106 cm³/mol. The maximum absolute atomic E-state index is 12.0. The fraction of sp³-hybridized carbons (Fsp3) is 0.500. The summed E-state index contributed by atoms with van der Waals surface area (Å²) < 4.78 is 19.3. The van der Waals surface area contributed by atoms with E-state index in [4.69, 9.17) is 4.18 Å². The highest BCUT2D eigenvalue weighted by Crippen LogP contribution is 2.11. The molecule has 160 valence electrons. The zero-order chi connectivity index (χ0) is 21.1. The van der Waals surface area contributed by atoms with Crippen LogP contribution in [-0.4, -0.2) is 59.3 Å². The number of nitrogens with one attached hydrogen (secondary N) is 4. The highest BCUT2D eigenvalue weighted by molar-refractivity contribution is 7.78. The Morgan fingerprint density at radius 3 is 2.52 bits per heavy atom. The van der Waals surface area contributed by atoms with Gasteiger partial charge in [-0.1, -0.05) is 18.2 Å². The zero-order valence-corrected chi connectivity index (χ0v) is 16.7. The van der Waals surface area contributed by atoms with Gasteiger partial charge >= 0.3 is 5.97 Å². The summed E-state index contributed by atoms with van der Waals surface area (Å²) in [6, 6.07) is 6.99. The molecule has 29 heavy (non-hydrogen) atoms. The summed E-state index contributed by atoms with van der Waals surface area (Å²) in [5.74, 6) is -1.50. The molecule has 2 unspecified atom stereocenters. The number of carboxylic acids is 1. The second-order valence-electron chi connectivity index (χ2n) is 6.51. The number of rotatable bonds is 11. The second kappa shape index (κ2) is 12.1. The zero-order valence-electron chi connectivity index (χ0n) is 15.9. The molecule has 0 aliphatic carbocycles. The molecule has 0 saturated carbocycles. The standard InChI is InChI=1S/C18H26N4O6S/c23-16(8-11-20-17(24)13-6-9-19-10-7-13)21-12-15(18(25)26)22-29(27)28-14-4-2-1-3-5-14/h1-5,13,15,19,22H,6-12H2,(H,20,24)(H,21,23)(H,25,26). The van der Waals surface area contributed by atoms with Crippen LogP contribution in [0.15, 0.2) is 30.3 Å². The number of hydrogen-bond donors (Lipinski definition) is 5. The van der Waals surface area contributed by atoms with Gasteiger partial charge in [0.25, 0.3) is 11.3 Å². The Labute approximate surface area is 171 Å². The average Bonchev–Trinajstić information content (AvgIpc) is 2.72. The van der Waals surface area contributed by atoms with Crippen LogP contribution < -0.4 is 24.9 Å². The molecule has 0 bridgehead atoms. The van der Waals surface area contributed by atoms with E-state index in [2.05, 4.69) is 20.7 Å². The Balaban J connectivity index is 1.67. The van der Waals surface area contributed by atoms with Crippen molar-refractivity contribution >= 4 is 29.1 Å². The van der Waals surface area contributed by atoms with Crippen LogP contribution in [0.5, 0.6) is 5.75 Å². The van der Waals surface area contributed by atoms with Gasteiger partial charge in [0.15, 0.2) is 0 Å². The average molecular weight is 426 g/mol. The normalized spacial score (nSPS) is 16.4. The Morgan fingerprint density at radius 1 is 1.17 bits per heavy atom. The van der Waals surface area contributed by atoms with Crippen LogP contribution in [0, 0.1) is 5.92 Å². The molecule has 0 spiro atoms. The Kier molecular flexibility index (Phi) is 9.54. The molecule has 1 aliphatic heterocycles. The Bertz CT molecular complexity index is 712. The minimum atomic E-state index is -2.10. The van der Waals surface area contributed by atoms with E-state index >= 15 is 0 Å². The minimum absolute atomic E-state index is 0.0205. The molecule has 2 amide bonds. The van der Waals surface area contributed by atoms with E-state index in [1.807, 2.05) is 0 Å². The Hall–Kier alpha value is -2.50. The van der Waals surface area contributed by atoms with Gasteiger partial charge in [0.1, 0.15) is 11.8 Å². The van der Waals surface area contributed by atoms with E-state index in [-0.39, 0.29) is 31.3 Å². The van der Waals surface area contributed by atoms with E-state index in [0.717, 1.165) is 25.9 Å². The van der Waals surface area contributed by atoms with Gasteiger partial charge in [-0.3, -0.25) is 14.4 Å². The van der Waals surface area contributed by atoms with Gasteiger partial charge in [-0.2, -0.15) is 8.93 Å². The number of para-hydroxylation sites is 1. The van der Waals surface area contributed by atoms with Gasteiger partial charge in [-0.25, -0.2) is 0 Å². The first-order chi connectivity index (χ1) is 14.0. The minimum Gasteiger partial charge on any atom is -0.480 e. The first kappa shape index (κ1) is 22.8. The van der Waals surface area contributed by atoms with Crippen LogP contribution in [0.25, 0.3) is 0 Å². The summed E-state index contributed by atoms with van der Waals surface area (Å²) >= 11 is -2.10. The van der Waals surface area contributed by atoms with E-state index in [9.17, 15) is 23.7 Å². The summed E-state index contributed by atoms with van der Waals surface area (Å²) in [7, 11) is 0. The van der Waals surface area contributed by atoms with E-state index in [1.165, 1.54) is 0 Å². The molecule has 5 N–H and O–H groups in total. The van der Waals surface area contributed by atoms with Crippen LogP contribution in [0.4, 0.5) is 0 Å². The number of aliphatic carboxylic acids is 1. The van der Waals surface area contributed by atoms with Crippen molar-refractivity contribution in [3.63, 3.8) is 0 Å². The Morgan fingerprint density at radius 2 is 1.86 bits per heavy atom. The van der Waals surface area contributed by atoms with Crippen LogP contribution >= 0.6 is 0 Å². The van der Waals surface area contributed by atoms with Gasteiger partial charge in [0, 0.05) is 25.4 Å². The smallest absolute Gasteiger partial charge is 0.323 e. The van der Waals surface area contributed by atoms with Crippen molar-refractivity contribution in [1.82, 2.24) is 20.7 Å². The topological polar surface area (TPSA) is 146 Å². The molecule has 1 aliphatic rings. The largest absolute Gasteiger partial charge is 0.480 e. The molecule has 0 radical (unpaired) electrons. The summed E-state index contributed by atoms with van der Waals surface area (Å²) in [5.41, 5.74) is 0. The monoisotopic (exact) mass is 426 g/mol. The molecule has 1 fully saturated rings. The number of benzene rings is 1. The van der Waals surface area contributed by atoms with Crippen LogP contribution in [0.3, 0.4) is 0 Å². The molecular weight excluding hydrogens is 400 g/mol. The van der Waals surface area contributed by atoms with Crippen molar-refractivity contribution in [2.45, 2.75) is 25.3 Å². The molecular formula is C18H26N4O6S. The van der Waals surface area contributed by atoms with Crippen molar-refractivity contribution in [3.8, 4) is 5.75 Å². The van der Waals surface area contributed by atoms with Crippen molar-refractivity contribution in [2.75, 3.05) is 26.2 Å². The number of carbonyl (C=O) groups excluding carboxylic acids is 2. The van der Waals surface area contributed by atoms with Gasteiger partial charge < -0.3 is 25.2 Å². The number of amides is 2. The predicted octanol–water partition coefficient (Wildman–Crippen LogP) is -0.691. The maximum atomic E-state index is 12.0. The van der Waals surface area contributed by atoms with E-state index in [1.54, 1.807) is 30.3 Å². The molecule has 1 aromatic rings.